The summed E-state index contributed by atoms with van der Waals surface area (Å²) in [5, 5.41) is 0. The lowest BCUT2D eigenvalue weighted by Crippen LogP contribution is -2.08. The Hall–Kier alpha value is -1.16. The van der Waals surface area contributed by atoms with E-state index in [-0.39, 0.29) is 0 Å². The second-order valence-electron chi connectivity index (χ2n) is 3.04. The van der Waals surface area contributed by atoms with Gasteiger partial charge in [-0.05, 0) is 18.6 Å². The van der Waals surface area contributed by atoms with Crippen molar-refractivity contribution >= 4 is 16.8 Å². The molecule has 1 aromatic carbocycles. The van der Waals surface area contributed by atoms with Crippen molar-refractivity contribution < 1.29 is 13.7 Å². The van der Waals surface area contributed by atoms with E-state index in [4.69, 9.17) is 0 Å². The highest BCUT2D eigenvalue weighted by Crippen LogP contribution is 2.15. The minimum absolute atomic E-state index is 0.395. The molecule has 0 aromatic heterocycles. The number of rotatable bonds is 4. The van der Waals surface area contributed by atoms with Gasteiger partial charge in [0.05, 0.1) is 28.4 Å². The molecule has 0 aliphatic rings. The van der Waals surface area contributed by atoms with Crippen LogP contribution in [0.1, 0.15) is 23.7 Å². The Morgan fingerprint density at radius 2 is 2.07 bits per heavy atom. The molecule has 15 heavy (non-hydrogen) atoms. The maximum Gasteiger partial charge on any atom is 0.339 e. The Labute approximate surface area is 91.9 Å². The molecule has 1 rings (SSSR count). The predicted octanol–water partition coefficient (Wildman–Crippen LogP) is 1.99. The predicted molar refractivity (Wildman–Crippen MR) is 59.3 cm³/mol. The third-order valence-electron chi connectivity index (χ3n) is 1.93. The van der Waals surface area contributed by atoms with Crippen molar-refractivity contribution in [2.75, 3.05) is 12.9 Å². The summed E-state index contributed by atoms with van der Waals surface area (Å²) in [6.07, 6.45) is 0.822. The van der Waals surface area contributed by atoms with E-state index in [0.29, 0.717) is 16.2 Å². The Balaban J connectivity index is 3.06. The van der Waals surface area contributed by atoms with Crippen molar-refractivity contribution in [3.63, 3.8) is 0 Å². The van der Waals surface area contributed by atoms with Gasteiger partial charge >= 0.3 is 5.97 Å². The van der Waals surface area contributed by atoms with E-state index in [1.54, 1.807) is 24.3 Å². The van der Waals surface area contributed by atoms with E-state index in [9.17, 15) is 9.00 Å². The molecule has 0 spiro atoms. The lowest BCUT2D eigenvalue weighted by atomic mass is 10.2. The normalized spacial score (nSPS) is 12.1. The molecule has 1 unspecified atom stereocenters. The first-order valence-corrected chi connectivity index (χ1v) is 6.08. The van der Waals surface area contributed by atoms with Crippen LogP contribution in [0.15, 0.2) is 29.2 Å². The van der Waals surface area contributed by atoms with Crippen LogP contribution < -0.4 is 0 Å². The molecule has 3 nitrogen and oxygen atoms in total. The molecule has 0 bridgehead atoms. The molecular weight excluding hydrogens is 212 g/mol. The zero-order valence-corrected chi connectivity index (χ0v) is 9.67. The van der Waals surface area contributed by atoms with E-state index in [0.717, 1.165) is 6.42 Å². The first kappa shape index (κ1) is 11.9. The molecule has 0 aliphatic heterocycles. The van der Waals surface area contributed by atoms with Crippen LogP contribution in [0.5, 0.6) is 0 Å². The van der Waals surface area contributed by atoms with Gasteiger partial charge in [-0.15, -0.1) is 0 Å². The van der Waals surface area contributed by atoms with Gasteiger partial charge in [0.15, 0.2) is 0 Å². The number of esters is 1. The van der Waals surface area contributed by atoms with Crippen LogP contribution in [0.3, 0.4) is 0 Å². The first-order chi connectivity index (χ1) is 7.20. The Bertz CT molecular complexity index is 374. The fourth-order valence-electron chi connectivity index (χ4n) is 1.24. The summed E-state index contributed by atoms with van der Waals surface area (Å²) in [6, 6.07) is 6.85. The molecule has 0 aliphatic carbocycles. The van der Waals surface area contributed by atoms with Gasteiger partial charge in [-0.25, -0.2) is 4.79 Å². The molecule has 0 saturated heterocycles. The van der Waals surface area contributed by atoms with Crippen LogP contribution in [-0.4, -0.2) is 23.0 Å². The summed E-state index contributed by atoms with van der Waals surface area (Å²) < 4.78 is 16.4. The molecule has 1 atom stereocenters. The average Bonchev–Trinajstić information content (AvgIpc) is 2.28. The van der Waals surface area contributed by atoms with Gasteiger partial charge in [-0.1, -0.05) is 19.1 Å². The van der Waals surface area contributed by atoms with E-state index >= 15 is 0 Å². The van der Waals surface area contributed by atoms with Crippen molar-refractivity contribution in [1.82, 2.24) is 0 Å². The fourth-order valence-corrected chi connectivity index (χ4v) is 2.46. The molecule has 0 amide bonds. The van der Waals surface area contributed by atoms with Crippen LogP contribution in [-0.2, 0) is 15.5 Å². The van der Waals surface area contributed by atoms with Crippen LogP contribution >= 0.6 is 0 Å². The molecule has 0 heterocycles. The standard InChI is InChI=1S/C11H14O3S/c1-3-8-15(13)10-7-5-4-6-9(10)11(12)14-2/h4-7H,3,8H2,1-2H3. The molecule has 1 aromatic rings. The molecule has 0 fully saturated rings. The third kappa shape index (κ3) is 2.89. The number of carbonyl (C=O) groups is 1. The molecule has 0 radical (unpaired) electrons. The van der Waals surface area contributed by atoms with E-state index in [1.165, 1.54) is 7.11 Å². The zero-order chi connectivity index (χ0) is 11.3. The van der Waals surface area contributed by atoms with Crippen LogP contribution in [0, 0.1) is 0 Å². The number of methoxy groups -OCH3 is 1. The van der Waals surface area contributed by atoms with Gasteiger partial charge in [0.2, 0.25) is 0 Å². The first-order valence-electron chi connectivity index (χ1n) is 4.76. The van der Waals surface area contributed by atoms with E-state index < -0.39 is 16.8 Å². The maximum absolute atomic E-state index is 11.8. The van der Waals surface area contributed by atoms with Crippen molar-refractivity contribution in [2.45, 2.75) is 18.2 Å². The third-order valence-corrected chi connectivity index (χ3v) is 3.55. The summed E-state index contributed by atoms with van der Waals surface area (Å²) in [5.74, 6) is 0.128. The molecule has 0 saturated carbocycles. The Morgan fingerprint density at radius 3 is 2.67 bits per heavy atom. The molecule has 82 valence electrons. The van der Waals surface area contributed by atoms with Gasteiger partial charge in [0.25, 0.3) is 0 Å². The van der Waals surface area contributed by atoms with Crippen molar-refractivity contribution in [2.24, 2.45) is 0 Å². The van der Waals surface area contributed by atoms with Gasteiger partial charge in [-0.3, -0.25) is 4.21 Å². The summed E-state index contributed by atoms with van der Waals surface area (Å²) in [5.41, 5.74) is 0.395. The summed E-state index contributed by atoms with van der Waals surface area (Å²) in [6.45, 7) is 1.96. The van der Waals surface area contributed by atoms with Gasteiger partial charge in [0, 0.05) is 5.75 Å². The minimum Gasteiger partial charge on any atom is -0.465 e. The Morgan fingerprint density at radius 1 is 1.40 bits per heavy atom. The highest BCUT2D eigenvalue weighted by molar-refractivity contribution is 7.85. The monoisotopic (exact) mass is 226 g/mol. The van der Waals surface area contributed by atoms with Crippen molar-refractivity contribution in [1.29, 1.82) is 0 Å². The molecular formula is C11H14O3S. The SMILES string of the molecule is CCCS(=O)c1ccccc1C(=O)OC. The van der Waals surface area contributed by atoms with Gasteiger partial charge in [0.1, 0.15) is 0 Å². The number of benzene rings is 1. The Kier molecular flexibility index (Phi) is 4.49. The lowest BCUT2D eigenvalue weighted by molar-refractivity contribution is 0.0596. The number of hydrogen-bond donors (Lipinski definition) is 0. The van der Waals surface area contributed by atoms with Crippen LogP contribution in [0.25, 0.3) is 0 Å². The van der Waals surface area contributed by atoms with E-state index in [2.05, 4.69) is 4.74 Å². The summed E-state index contributed by atoms with van der Waals surface area (Å²) >= 11 is 0. The maximum atomic E-state index is 11.8. The quantitative estimate of drug-likeness (QED) is 0.737. The van der Waals surface area contributed by atoms with E-state index in [1.807, 2.05) is 6.92 Å². The summed E-state index contributed by atoms with van der Waals surface area (Å²) in [4.78, 5) is 11.9. The van der Waals surface area contributed by atoms with Crippen LogP contribution in [0.2, 0.25) is 0 Å². The highest BCUT2D eigenvalue weighted by atomic mass is 32.2. The summed E-state index contributed by atoms with van der Waals surface area (Å²) in [7, 11) is 0.203. The average molecular weight is 226 g/mol. The minimum atomic E-state index is -1.12. The fraction of sp³-hybridized carbons (Fsp3) is 0.364. The van der Waals surface area contributed by atoms with Crippen molar-refractivity contribution in [3.05, 3.63) is 29.8 Å². The van der Waals surface area contributed by atoms with Gasteiger partial charge < -0.3 is 4.74 Å². The van der Waals surface area contributed by atoms with Crippen molar-refractivity contribution in [3.8, 4) is 0 Å². The highest BCUT2D eigenvalue weighted by Gasteiger charge is 2.14. The molecule has 0 N–H and O–H groups in total. The number of hydrogen-bond acceptors (Lipinski definition) is 3. The largest absolute Gasteiger partial charge is 0.465 e. The van der Waals surface area contributed by atoms with Crippen LogP contribution in [0.4, 0.5) is 0 Å². The van der Waals surface area contributed by atoms with Gasteiger partial charge in [-0.2, -0.15) is 0 Å². The lowest BCUT2D eigenvalue weighted by Gasteiger charge is -2.06. The smallest absolute Gasteiger partial charge is 0.339 e. The second-order valence-corrected chi connectivity index (χ2v) is 4.58. The number of ether oxygens (including phenoxy) is 1. The topological polar surface area (TPSA) is 43.4 Å². The molecule has 4 heteroatoms. The zero-order valence-electron chi connectivity index (χ0n) is 8.86. The number of carbonyl (C=O) groups excluding carboxylic acids is 1. The second kappa shape index (κ2) is 5.66.